The van der Waals surface area contributed by atoms with Crippen molar-refractivity contribution in [3.63, 3.8) is 0 Å². The van der Waals surface area contributed by atoms with Crippen molar-refractivity contribution < 1.29 is 4.74 Å². The molecule has 2 rings (SSSR count). The summed E-state index contributed by atoms with van der Waals surface area (Å²) in [5.41, 5.74) is 10.3. The zero-order valence-electron chi connectivity index (χ0n) is 11.6. The minimum Gasteiger partial charge on any atom is -0.378 e. The van der Waals surface area contributed by atoms with E-state index in [-0.39, 0.29) is 6.04 Å². The van der Waals surface area contributed by atoms with Crippen molar-refractivity contribution >= 4 is 0 Å². The molecule has 2 N–H and O–H groups in total. The summed E-state index contributed by atoms with van der Waals surface area (Å²) < 4.78 is 5.75. The summed E-state index contributed by atoms with van der Waals surface area (Å²) in [5, 5.41) is 0. The first-order valence-corrected chi connectivity index (χ1v) is 7.08. The van der Waals surface area contributed by atoms with Crippen LogP contribution >= 0.6 is 0 Å². The van der Waals surface area contributed by atoms with Gasteiger partial charge in [-0.05, 0) is 62.6 Å². The predicted molar refractivity (Wildman–Crippen MR) is 75.8 cm³/mol. The van der Waals surface area contributed by atoms with Gasteiger partial charge in [-0.2, -0.15) is 0 Å². The molecular weight excluding hydrogens is 222 g/mol. The zero-order chi connectivity index (χ0) is 13.0. The van der Waals surface area contributed by atoms with Gasteiger partial charge in [0.25, 0.3) is 0 Å². The number of aryl methyl sites for hydroxylation is 2. The van der Waals surface area contributed by atoms with E-state index in [1.807, 2.05) is 0 Å². The van der Waals surface area contributed by atoms with Crippen LogP contribution in [0.4, 0.5) is 0 Å². The monoisotopic (exact) mass is 247 g/mol. The number of ether oxygens (including phenoxy) is 1. The first-order chi connectivity index (χ1) is 8.65. The van der Waals surface area contributed by atoms with Crippen LogP contribution in [0.15, 0.2) is 18.2 Å². The summed E-state index contributed by atoms with van der Waals surface area (Å²) in [6.07, 6.45) is 6.03. The molecule has 1 aromatic rings. The lowest BCUT2D eigenvalue weighted by Crippen LogP contribution is -2.31. The summed E-state index contributed by atoms with van der Waals surface area (Å²) in [5.74, 6) is 0. The Balaban J connectivity index is 1.85. The van der Waals surface area contributed by atoms with Crippen LogP contribution in [-0.4, -0.2) is 18.8 Å². The molecule has 0 amide bonds. The Morgan fingerprint density at radius 3 is 2.78 bits per heavy atom. The fourth-order valence-electron chi connectivity index (χ4n) is 2.65. The average Bonchev–Trinajstić information content (AvgIpc) is 2.35. The Morgan fingerprint density at radius 2 is 2.11 bits per heavy atom. The van der Waals surface area contributed by atoms with Crippen molar-refractivity contribution in [3.8, 4) is 0 Å². The van der Waals surface area contributed by atoms with Gasteiger partial charge in [0.05, 0.1) is 6.10 Å². The van der Waals surface area contributed by atoms with Gasteiger partial charge in [-0.3, -0.25) is 0 Å². The highest BCUT2D eigenvalue weighted by molar-refractivity contribution is 5.30. The molecule has 1 aliphatic rings. The normalized spacial score (nSPS) is 21.8. The molecule has 1 saturated heterocycles. The van der Waals surface area contributed by atoms with Crippen LogP contribution < -0.4 is 5.73 Å². The Bertz CT molecular complexity index is 383. The second kappa shape index (κ2) is 6.35. The molecule has 2 unspecified atom stereocenters. The topological polar surface area (TPSA) is 35.2 Å². The molecule has 1 aliphatic heterocycles. The van der Waals surface area contributed by atoms with E-state index in [0.717, 1.165) is 19.4 Å². The maximum atomic E-state index is 6.24. The van der Waals surface area contributed by atoms with Gasteiger partial charge in [0, 0.05) is 12.6 Å². The van der Waals surface area contributed by atoms with Gasteiger partial charge in [0.15, 0.2) is 0 Å². The van der Waals surface area contributed by atoms with Crippen molar-refractivity contribution in [3.05, 3.63) is 34.9 Å². The molecule has 1 aromatic carbocycles. The molecule has 0 spiro atoms. The van der Waals surface area contributed by atoms with Crippen molar-refractivity contribution in [2.24, 2.45) is 5.73 Å². The highest BCUT2D eigenvalue weighted by atomic mass is 16.5. The van der Waals surface area contributed by atoms with E-state index >= 15 is 0 Å². The van der Waals surface area contributed by atoms with Crippen LogP contribution in [0, 0.1) is 13.8 Å². The molecule has 0 aromatic heterocycles. The van der Waals surface area contributed by atoms with E-state index in [1.54, 1.807) is 0 Å². The second-order valence-corrected chi connectivity index (χ2v) is 5.61. The van der Waals surface area contributed by atoms with Crippen LogP contribution in [-0.2, 0) is 11.2 Å². The van der Waals surface area contributed by atoms with E-state index < -0.39 is 0 Å². The Morgan fingerprint density at radius 1 is 1.28 bits per heavy atom. The third kappa shape index (κ3) is 3.82. The molecule has 0 aliphatic carbocycles. The van der Waals surface area contributed by atoms with Crippen LogP contribution in [0.25, 0.3) is 0 Å². The Kier molecular flexibility index (Phi) is 4.79. The largest absolute Gasteiger partial charge is 0.378 e. The van der Waals surface area contributed by atoms with Gasteiger partial charge in [0.1, 0.15) is 0 Å². The molecule has 0 bridgehead atoms. The quantitative estimate of drug-likeness (QED) is 0.887. The van der Waals surface area contributed by atoms with Crippen LogP contribution in [0.3, 0.4) is 0 Å². The van der Waals surface area contributed by atoms with Crippen molar-refractivity contribution in [2.75, 3.05) is 6.61 Å². The number of nitrogens with two attached hydrogens (primary N) is 1. The average molecular weight is 247 g/mol. The number of benzene rings is 1. The number of hydrogen-bond donors (Lipinski definition) is 1. The standard InChI is InChI=1S/C16H25NO/c1-12-6-7-14(9-13(12)2)10-15(17)11-16-5-3-4-8-18-16/h6-7,9,15-16H,3-5,8,10-11,17H2,1-2H3. The molecule has 1 heterocycles. The molecule has 18 heavy (non-hydrogen) atoms. The minimum absolute atomic E-state index is 0.218. The first kappa shape index (κ1) is 13.6. The van der Waals surface area contributed by atoms with Gasteiger partial charge < -0.3 is 10.5 Å². The zero-order valence-corrected chi connectivity index (χ0v) is 11.6. The fourth-order valence-corrected chi connectivity index (χ4v) is 2.65. The Labute approximate surface area is 111 Å². The molecule has 0 radical (unpaired) electrons. The van der Waals surface area contributed by atoms with Gasteiger partial charge in [-0.1, -0.05) is 18.2 Å². The van der Waals surface area contributed by atoms with E-state index in [2.05, 4.69) is 32.0 Å². The molecule has 2 nitrogen and oxygen atoms in total. The molecule has 1 fully saturated rings. The van der Waals surface area contributed by atoms with E-state index in [1.165, 1.54) is 36.0 Å². The summed E-state index contributed by atoms with van der Waals surface area (Å²) in [7, 11) is 0. The van der Waals surface area contributed by atoms with Crippen molar-refractivity contribution in [2.45, 2.75) is 58.1 Å². The number of rotatable bonds is 4. The van der Waals surface area contributed by atoms with Gasteiger partial charge >= 0.3 is 0 Å². The summed E-state index contributed by atoms with van der Waals surface area (Å²) >= 11 is 0. The first-order valence-electron chi connectivity index (χ1n) is 7.08. The van der Waals surface area contributed by atoms with Crippen molar-refractivity contribution in [1.82, 2.24) is 0 Å². The molecule has 2 atom stereocenters. The highest BCUT2D eigenvalue weighted by Crippen LogP contribution is 2.18. The maximum Gasteiger partial charge on any atom is 0.0590 e. The fraction of sp³-hybridized carbons (Fsp3) is 0.625. The van der Waals surface area contributed by atoms with E-state index in [4.69, 9.17) is 10.5 Å². The van der Waals surface area contributed by atoms with Crippen LogP contribution in [0.5, 0.6) is 0 Å². The lowest BCUT2D eigenvalue weighted by atomic mass is 9.96. The summed E-state index contributed by atoms with van der Waals surface area (Å²) in [4.78, 5) is 0. The second-order valence-electron chi connectivity index (χ2n) is 5.61. The van der Waals surface area contributed by atoms with E-state index in [9.17, 15) is 0 Å². The molecule has 0 saturated carbocycles. The smallest absolute Gasteiger partial charge is 0.0590 e. The molecule has 100 valence electrons. The van der Waals surface area contributed by atoms with Crippen LogP contribution in [0.1, 0.15) is 42.4 Å². The van der Waals surface area contributed by atoms with Gasteiger partial charge in [0.2, 0.25) is 0 Å². The highest BCUT2D eigenvalue weighted by Gasteiger charge is 2.17. The lowest BCUT2D eigenvalue weighted by molar-refractivity contribution is 0.00747. The number of hydrogen-bond acceptors (Lipinski definition) is 2. The van der Waals surface area contributed by atoms with Crippen molar-refractivity contribution in [1.29, 1.82) is 0 Å². The lowest BCUT2D eigenvalue weighted by Gasteiger charge is -2.25. The molecule has 2 heteroatoms. The van der Waals surface area contributed by atoms with Gasteiger partial charge in [-0.15, -0.1) is 0 Å². The van der Waals surface area contributed by atoms with Crippen LogP contribution in [0.2, 0.25) is 0 Å². The maximum absolute atomic E-state index is 6.24. The SMILES string of the molecule is Cc1ccc(CC(N)CC2CCCCO2)cc1C. The minimum atomic E-state index is 0.218. The summed E-state index contributed by atoms with van der Waals surface area (Å²) in [6, 6.07) is 6.87. The third-order valence-corrected chi connectivity index (χ3v) is 3.91. The molecular formula is C16H25NO. The Hall–Kier alpha value is -0.860. The third-order valence-electron chi connectivity index (χ3n) is 3.91. The predicted octanol–water partition coefficient (Wildman–Crippen LogP) is 3.13. The summed E-state index contributed by atoms with van der Waals surface area (Å²) in [6.45, 7) is 5.23. The van der Waals surface area contributed by atoms with Gasteiger partial charge in [-0.25, -0.2) is 0 Å². The van der Waals surface area contributed by atoms with E-state index in [0.29, 0.717) is 6.10 Å².